The number of nitrogens with one attached hydrogen (secondary N) is 2. The molecule has 5 rings (SSSR count). The molecule has 2 aromatic rings. The van der Waals surface area contributed by atoms with Gasteiger partial charge in [-0.2, -0.15) is 0 Å². The molecule has 2 amide bonds. The van der Waals surface area contributed by atoms with E-state index in [1.807, 2.05) is 6.92 Å². The van der Waals surface area contributed by atoms with E-state index in [-0.39, 0.29) is 34.4 Å². The number of benzene rings is 2. The van der Waals surface area contributed by atoms with E-state index in [0.717, 1.165) is 12.1 Å². The first kappa shape index (κ1) is 20.1. The smallest absolute Gasteiger partial charge is 0.251 e. The molecule has 2 bridgehead atoms. The Bertz CT molecular complexity index is 1010. The fraction of sp³-hybridized carbons (Fsp3) is 0.333. The Balaban J connectivity index is 1.35. The summed E-state index contributed by atoms with van der Waals surface area (Å²) in [5, 5.41) is 6.38. The van der Waals surface area contributed by atoms with Crippen molar-refractivity contribution in [3.05, 3.63) is 63.6 Å². The molecule has 29 heavy (non-hydrogen) atoms. The van der Waals surface area contributed by atoms with Crippen molar-refractivity contribution >= 4 is 40.7 Å². The van der Waals surface area contributed by atoms with Crippen molar-refractivity contribution in [2.45, 2.75) is 31.7 Å². The van der Waals surface area contributed by atoms with Crippen LogP contribution < -0.4 is 10.6 Å². The minimum atomic E-state index is -1.01. The summed E-state index contributed by atoms with van der Waals surface area (Å²) < 4.78 is 26.4. The highest BCUT2D eigenvalue weighted by atomic mass is 35.5. The number of carbonyl (C=O) groups is 2. The van der Waals surface area contributed by atoms with Gasteiger partial charge in [0.15, 0.2) is 11.6 Å². The van der Waals surface area contributed by atoms with Gasteiger partial charge in [-0.05, 0) is 55.0 Å². The van der Waals surface area contributed by atoms with Crippen LogP contribution in [0.5, 0.6) is 0 Å². The summed E-state index contributed by atoms with van der Waals surface area (Å²) in [6.45, 7) is 1.82. The number of hydrogen-bond acceptors (Lipinski definition) is 2. The van der Waals surface area contributed by atoms with E-state index in [9.17, 15) is 18.4 Å². The van der Waals surface area contributed by atoms with Crippen LogP contribution in [-0.2, 0) is 4.79 Å². The first-order valence-corrected chi connectivity index (χ1v) is 9.92. The zero-order valence-corrected chi connectivity index (χ0v) is 17.0. The third kappa shape index (κ3) is 3.49. The number of anilines is 1. The van der Waals surface area contributed by atoms with E-state index in [4.69, 9.17) is 23.2 Å². The number of amides is 2. The van der Waals surface area contributed by atoms with Gasteiger partial charge in [-0.3, -0.25) is 9.59 Å². The minimum absolute atomic E-state index is 0.187. The van der Waals surface area contributed by atoms with Gasteiger partial charge >= 0.3 is 0 Å². The minimum Gasteiger partial charge on any atom is -0.347 e. The van der Waals surface area contributed by atoms with E-state index < -0.39 is 11.6 Å². The van der Waals surface area contributed by atoms with Gasteiger partial charge < -0.3 is 10.6 Å². The molecular formula is C21H18Cl2F2N2O2. The number of hydrogen-bond donors (Lipinski definition) is 2. The molecule has 3 aliphatic rings. The van der Waals surface area contributed by atoms with Crippen LogP contribution in [-0.4, -0.2) is 17.4 Å². The first-order valence-electron chi connectivity index (χ1n) is 9.17. The summed E-state index contributed by atoms with van der Waals surface area (Å²) >= 11 is 11.9. The number of carbonyl (C=O) groups excluding carboxylic acids is 2. The molecule has 0 heterocycles. The average molecular weight is 439 g/mol. The predicted octanol–water partition coefficient (Wildman–Crippen LogP) is 5.20. The lowest BCUT2D eigenvalue weighted by atomic mass is 9.36. The van der Waals surface area contributed by atoms with Crippen LogP contribution in [0.25, 0.3) is 0 Å². The van der Waals surface area contributed by atoms with Crippen molar-refractivity contribution in [2.24, 2.45) is 11.3 Å². The van der Waals surface area contributed by atoms with Gasteiger partial charge in [-0.1, -0.05) is 30.1 Å². The van der Waals surface area contributed by atoms with Gasteiger partial charge in [-0.15, -0.1) is 0 Å². The van der Waals surface area contributed by atoms with Crippen molar-refractivity contribution < 1.29 is 18.4 Å². The lowest BCUT2D eigenvalue weighted by Gasteiger charge is -2.72. The van der Waals surface area contributed by atoms with E-state index in [1.54, 1.807) is 12.1 Å². The van der Waals surface area contributed by atoms with Crippen LogP contribution in [0, 0.1) is 23.0 Å². The summed E-state index contributed by atoms with van der Waals surface area (Å²) in [6, 6.07) is 7.98. The maximum Gasteiger partial charge on any atom is 0.251 e. The lowest BCUT2D eigenvalue weighted by molar-refractivity contribution is -0.184. The van der Waals surface area contributed by atoms with E-state index >= 15 is 0 Å². The zero-order valence-electron chi connectivity index (χ0n) is 15.5. The predicted molar refractivity (Wildman–Crippen MR) is 107 cm³/mol. The summed E-state index contributed by atoms with van der Waals surface area (Å²) in [6.07, 6.45) is 2.08. The van der Waals surface area contributed by atoms with Crippen molar-refractivity contribution in [3.8, 4) is 0 Å². The van der Waals surface area contributed by atoms with Crippen molar-refractivity contribution in [3.63, 3.8) is 0 Å². The second-order valence-electron chi connectivity index (χ2n) is 8.10. The molecule has 0 radical (unpaired) electrons. The Hall–Kier alpha value is -2.18. The molecule has 2 aromatic carbocycles. The number of halogens is 4. The molecule has 3 aliphatic carbocycles. The molecule has 0 spiro atoms. The number of rotatable bonds is 5. The Kier molecular flexibility index (Phi) is 4.82. The molecule has 8 heteroatoms. The molecule has 152 valence electrons. The highest BCUT2D eigenvalue weighted by molar-refractivity contribution is 6.42. The van der Waals surface area contributed by atoms with Crippen LogP contribution >= 0.6 is 23.2 Å². The average Bonchev–Trinajstić information content (AvgIpc) is 2.61. The van der Waals surface area contributed by atoms with Gasteiger partial charge in [0.1, 0.15) is 0 Å². The van der Waals surface area contributed by atoms with Crippen molar-refractivity contribution in [1.29, 1.82) is 0 Å². The summed E-state index contributed by atoms with van der Waals surface area (Å²) in [7, 11) is 0. The molecule has 0 unspecified atom stereocenters. The molecule has 0 saturated heterocycles. The third-order valence-electron chi connectivity index (χ3n) is 6.13. The van der Waals surface area contributed by atoms with Gasteiger partial charge in [0.25, 0.3) is 5.91 Å². The molecule has 0 aliphatic heterocycles. The normalized spacial score (nSPS) is 25.4. The fourth-order valence-corrected chi connectivity index (χ4v) is 4.81. The van der Waals surface area contributed by atoms with Gasteiger partial charge in [0, 0.05) is 28.8 Å². The molecule has 3 fully saturated rings. The van der Waals surface area contributed by atoms with E-state index in [0.29, 0.717) is 34.9 Å². The third-order valence-corrected chi connectivity index (χ3v) is 6.87. The quantitative estimate of drug-likeness (QED) is 0.673. The Labute approximate surface area is 176 Å². The lowest BCUT2D eigenvalue weighted by Crippen LogP contribution is -2.77. The molecule has 1 atom stereocenters. The highest BCUT2D eigenvalue weighted by Gasteiger charge is 2.71. The van der Waals surface area contributed by atoms with E-state index in [1.165, 1.54) is 12.1 Å². The standard InChI is InChI=1S/C21H18Cl2F2N2O2/c1-11(18(28)26-13-3-5-16(24)17(25)7-13)20-8-21(9-20,10-20)27-19(29)12-2-4-14(22)15(23)6-12/h2-7,11H,8-10H2,1H3,(H,26,28)(H,27,29)/t11-,20?,21?/m1/s1. The Morgan fingerprint density at radius 3 is 2.31 bits per heavy atom. The fourth-order valence-electron chi connectivity index (χ4n) is 4.51. The highest BCUT2D eigenvalue weighted by Crippen LogP contribution is 2.70. The van der Waals surface area contributed by atoms with Crippen LogP contribution in [0.2, 0.25) is 10.0 Å². The molecule has 4 nitrogen and oxygen atoms in total. The van der Waals surface area contributed by atoms with E-state index in [2.05, 4.69) is 10.6 Å². The maximum atomic E-state index is 13.3. The maximum absolute atomic E-state index is 13.3. The first-order chi connectivity index (χ1) is 13.6. The SMILES string of the molecule is C[C@H](C(=O)Nc1ccc(F)c(F)c1)C12CC(NC(=O)c3ccc(Cl)c(Cl)c3)(C1)C2. The molecule has 2 N–H and O–H groups in total. The summed E-state index contributed by atoms with van der Waals surface area (Å²) in [4.78, 5) is 25.0. The van der Waals surface area contributed by atoms with Gasteiger partial charge in [0.05, 0.1) is 10.0 Å². The Morgan fingerprint density at radius 2 is 1.69 bits per heavy atom. The van der Waals surface area contributed by atoms with Gasteiger partial charge in [-0.25, -0.2) is 8.78 Å². The molecular weight excluding hydrogens is 421 g/mol. The largest absolute Gasteiger partial charge is 0.347 e. The van der Waals surface area contributed by atoms with Crippen LogP contribution in [0.3, 0.4) is 0 Å². The summed E-state index contributed by atoms with van der Waals surface area (Å²) in [5.41, 5.74) is 0.158. The monoisotopic (exact) mass is 438 g/mol. The van der Waals surface area contributed by atoms with Crippen LogP contribution in [0.1, 0.15) is 36.5 Å². The summed E-state index contributed by atoms with van der Waals surface area (Å²) in [5.74, 6) is -2.77. The molecule has 3 saturated carbocycles. The van der Waals surface area contributed by atoms with Crippen LogP contribution in [0.4, 0.5) is 14.5 Å². The van der Waals surface area contributed by atoms with Crippen molar-refractivity contribution in [1.82, 2.24) is 5.32 Å². The van der Waals surface area contributed by atoms with Gasteiger partial charge in [0.2, 0.25) is 5.91 Å². The second-order valence-corrected chi connectivity index (χ2v) is 8.91. The Morgan fingerprint density at radius 1 is 1.00 bits per heavy atom. The second kappa shape index (κ2) is 6.96. The zero-order chi connectivity index (χ0) is 21.0. The topological polar surface area (TPSA) is 58.2 Å². The molecule has 0 aromatic heterocycles. The van der Waals surface area contributed by atoms with Crippen LogP contribution in [0.15, 0.2) is 36.4 Å². The van der Waals surface area contributed by atoms with Crippen molar-refractivity contribution in [2.75, 3.05) is 5.32 Å².